The summed E-state index contributed by atoms with van der Waals surface area (Å²) < 4.78 is 0. The Labute approximate surface area is 134 Å². The Hall–Kier alpha value is -1.06. The number of fused-ring (bicyclic) bond motifs is 1. The molecule has 0 radical (unpaired) electrons. The van der Waals surface area contributed by atoms with Crippen LogP contribution in [0.1, 0.15) is 49.2 Å². The van der Waals surface area contributed by atoms with Gasteiger partial charge in [0.25, 0.3) is 5.91 Å². The molecule has 0 saturated carbocycles. The summed E-state index contributed by atoms with van der Waals surface area (Å²) in [6.07, 6.45) is 0. The largest absolute Gasteiger partial charge is 0.338 e. The third-order valence-electron chi connectivity index (χ3n) is 3.54. The summed E-state index contributed by atoms with van der Waals surface area (Å²) in [6, 6.07) is 6.12. The molecule has 4 heteroatoms. The average Bonchev–Trinajstić information content (AvgIpc) is 2.83. The molecule has 1 N–H and O–H groups in total. The number of amides is 1. The molecule has 0 fully saturated rings. The lowest BCUT2D eigenvalue weighted by Gasteiger charge is -2.26. The van der Waals surface area contributed by atoms with Crippen LogP contribution in [-0.2, 0) is 13.1 Å². The van der Waals surface area contributed by atoms with Gasteiger partial charge in [0.15, 0.2) is 0 Å². The van der Waals surface area contributed by atoms with Gasteiger partial charge in [0.2, 0.25) is 0 Å². The van der Waals surface area contributed by atoms with Gasteiger partial charge in [-0.25, -0.2) is 0 Å². The Balaban J connectivity index is 0.00000220. The van der Waals surface area contributed by atoms with Crippen LogP contribution in [-0.4, -0.2) is 23.9 Å². The molecular weight excluding hydrogens is 284 g/mol. The van der Waals surface area contributed by atoms with Crippen LogP contribution >= 0.6 is 12.4 Å². The van der Waals surface area contributed by atoms with Crippen LogP contribution in [0.15, 0.2) is 18.2 Å². The van der Waals surface area contributed by atoms with Gasteiger partial charge in [-0.15, -0.1) is 12.4 Å². The number of halogens is 1. The molecule has 0 bridgehead atoms. The van der Waals surface area contributed by atoms with Crippen molar-refractivity contribution in [3.05, 3.63) is 34.9 Å². The molecular formula is C17H27ClN2O. The molecule has 1 aliphatic heterocycles. The van der Waals surface area contributed by atoms with Gasteiger partial charge in [-0.1, -0.05) is 33.8 Å². The molecule has 1 aromatic carbocycles. The van der Waals surface area contributed by atoms with Crippen molar-refractivity contribution in [1.82, 2.24) is 10.2 Å². The van der Waals surface area contributed by atoms with Crippen LogP contribution in [0.3, 0.4) is 0 Å². The van der Waals surface area contributed by atoms with Crippen molar-refractivity contribution in [3.63, 3.8) is 0 Å². The van der Waals surface area contributed by atoms with Crippen LogP contribution in [0.5, 0.6) is 0 Å². The predicted molar refractivity (Wildman–Crippen MR) is 89.8 cm³/mol. The second kappa shape index (κ2) is 7.81. The predicted octanol–water partition coefficient (Wildman–Crippen LogP) is 3.47. The SMILES string of the molecule is CC(C)CN(CC(C)C)C(=O)c1ccc2c(c1)CNC2.Cl. The highest BCUT2D eigenvalue weighted by atomic mass is 35.5. The summed E-state index contributed by atoms with van der Waals surface area (Å²) in [5.74, 6) is 1.16. The molecule has 0 spiro atoms. The van der Waals surface area contributed by atoms with Gasteiger partial charge in [0, 0.05) is 31.7 Å². The maximum atomic E-state index is 12.7. The minimum Gasteiger partial charge on any atom is -0.338 e. The summed E-state index contributed by atoms with van der Waals surface area (Å²) in [7, 11) is 0. The Bertz CT molecular complexity index is 476. The quantitative estimate of drug-likeness (QED) is 0.903. The van der Waals surface area contributed by atoms with E-state index in [-0.39, 0.29) is 18.3 Å². The van der Waals surface area contributed by atoms with Crippen LogP contribution in [0, 0.1) is 11.8 Å². The van der Waals surface area contributed by atoms with Gasteiger partial charge in [0.1, 0.15) is 0 Å². The number of nitrogens with one attached hydrogen (secondary N) is 1. The second-order valence-electron chi connectivity index (χ2n) is 6.58. The minimum atomic E-state index is 0. The highest BCUT2D eigenvalue weighted by Gasteiger charge is 2.20. The highest BCUT2D eigenvalue weighted by Crippen LogP contribution is 2.19. The van der Waals surface area contributed by atoms with Crippen molar-refractivity contribution in [2.45, 2.75) is 40.8 Å². The van der Waals surface area contributed by atoms with E-state index in [0.29, 0.717) is 11.8 Å². The van der Waals surface area contributed by atoms with E-state index in [1.807, 2.05) is 11.0 Å². The molecule has 0 saturated heterocycles. The number of nitrogens with zero attached hydrogens (tertiary/aromatic N) is 1. The molecule has 0 unspecified atom stereocenters. The fourth-order valence-corrected chi connectivity index (χ4v) is 2.73. The van der Waals surface area contributed by atoms with Crippen molar-refractivity contribution in [1.29, 1.82) is 0 Å². The fraction of sp³-hybridized carbons (Fsp3) is 0.588. The first kappa shape index (κ1) is 18.0. The van der Waals surface area contributed by atoms with Gasteiger partial charge in [-0.3, -0.25) is 4.79 Å². The number of hydrogen-bond acceptors (Lipinski definition) is 2. The first-order valence-electron chi connectivity index (χ1n) is 7.59. The Morgan fingerprint density at radius 3 is 2.24 bits per heavy atom. The summed E-state index contributed by atoms with van der Waals surface area (Å²) in [4.78, 5) is 14.7. The van der Waals surface area contributed by atoms with E-state index in [1.165, 1.54) is 11.1 Å². The minimum absolute atomic E-state index is 0. The van der Waals surface area contributed by atoms with Gasteiger partial charge >= 0.3 is 0 Å². The molecule has 0 aromatic heterocycles. The van der Waals surface area contributed by atoms with Gasteiger partial charge in [-0.05, 0) is 35.1 Å². The fourth-order valence-electron chi connectivity index (χ4n) is 2.73. The highest BCUT2D eigenvalue weighted by molar-refractivity contribution is 5.94. The molecule has 2 rings (SSSR count). The lowest BCUT2D eigenvalue weighted by atomic mass is 10.0. The lowest BCUT2D eigenvalue weighted by Crippen LogP contribution is -2.37. The molecule has 1 aromatic rings. The summed E-state index contributed by atoms with van der Waals surface area (Å²) in [5.41, 5.74) is 3.42. The number of hydrogen-bond donors (Lipinski definition) is 1. The first-order valence-corrected chi connectivity index (χ1v) is 7.59. The van der Waals surface area contributed by atoms with Crippen LogP contribution in [0.4, 0.5) is 0 Å². The van der Waals surface area contributed by atoms with Crippen LogP contribution in [0.2, 0.25) is 0 Å². The lowest BCUT2D eigenvalue weighted by molar-refractivity contribution is 0.0715. The molecule has 21 heavy (non-hydrogen) atoms. The van der Waals surface area contributed by atoms with Crippen molar-refractivity contribution in [2.24, 2.45) is 11.8 Å². The van der Waals surface area contributed by atoms with Gasteiger partial charge in [-0.2, -0.15) is 0 Å². The zero-order chi connectivity index (χ0) is 14.7. The van der Waals surface area contributed by atoms with E-state index < -0.39 is 0 Å². The topological polar surface area (TPSA) is 32.3 Å². The van der Waals surface area contributed by atoms with E-state index >= 15 is 0 Å². The molecule has 1 aliphatic rings. The maximum Gasteiger partial charge on any atom is 0.253 e. The van der Waals surface area contributed by atoms with Crippen molar-refractivity contribution in [2.75, 3.05) is 13.1 Å². The van der Waals surface area contributed by atoms with Crippen molar-refractivity contribution < 1.29 is 4.79 Å². The standard InChI is InChI=1S/C17H26N2O.ClH/c1-12(2)10-19(11-13(3)4)17(20)14-5-6-15-8-18-9-16(15)7-14;/h5-7,12-13,18H,8-11H2,1-4H3;1H. The van der Waals surface area contributed by atoms with E-state index in [9.17, 15) is 4.79 Å². The third kappa shape index (κ3) is 4.72. The molecule has 1 heterocycles. The number of rotatable bonds is 5. The number of carbonyl (C=O) groups excluding carboxylic acids is 1. The zero-order valence-corrected chi connectivity index (χ0v) is 14.3. The van der Waals surface area contributed by atoms with Crippen LogP contribution < -0.4 is 5.32 Å². The zero-order valence-electron chi connectivity index (χ0n) is 13.5. The Morgan fingerprint density at radius 2 is 1.67 bits per heavy atom. The summed E-state index contributed by atoms with van der Waals surface area (Å²) in [5, 5.41) is 3.32. The third-order valence-corrected chi connectivity index (χ3v) is 3.54. The van der Waals surface area contributed by atoms with Crippen molar-refractivity contribution in [3.8, 4) is 0 Å². The van der Waals surface area contributed by atoms with Gasteiger partial charge < -0.3 is 10.2 Å². The van der Waals surface area contributed by atoms with Gasteiger partial charge in [0.05, 0.1) is 0 Å². The number of benzene rings is 1. The smallest absolute Gasteiger partial charge is 0.253 e. The molecule has 3 nitrogen and oxygen atoms in total. The van der Waals surface area contributed by atoms with E-state index in [4.69, 9.17) is 0 Å². The first-order chi connectivity index (χ1) is 9.47. The maximum absolute atomic E-state index is 12.7. The molecule has 0 aliphatic carbocycles. The Kier molecular flexibility index (Phi) is 6.69. The average molecular weight is 311 g/mol. The molecule has 0 atom stereocenters. The molecule has 118 valence electrons. The van der Waals surface area contributed by atoms with Crippen molar-refractivity contribution >= 4 is 18.3 Å². The van der Waals surface area contributed by atoms with E-state index in [0.717, 1.165) is 31.7 Å². The second-order valence-corrected chi connectivity index (χ2v) is 6.58. The summed E-state index contributed by atoms with van der Waals surface area (Å²) >= 11 is 0. The number of carbonyl (C=O) groups is 1. The monoisotopic (exact) mass is 310 g/mol. The normalized spacial score (nSPS) is 13.2. The van der Waals surface area contributed by atoms with E-state index in [2.05, 4.69) is 45.1 Å². The molecule has 1 amide bonds. The van der Waals surface area contributed by atoms with E-state index in [1.54, 1.807) is 0 Å². The van der Waals surface area contributed by atoms with Crippen LogP contribution in [0.25, 0.3) is 0 Å². The Morgan fingerprint density at radius 1 is 1.10 bits per heavy atom. The summed E-state index contributed by atoms with van der Waals surface area (Å²) in [6.45, 7) is 12.1.